The highest BCUT2D eigenvalue weighted by molar-refractivity contribution is 6.16. The number of Topliss-reactive ketones (excluding diaryl/α,β-unsaturated/α-hetero) is 1. The number of aryl methyl sites for hydroxylation is 1. The lowest BCUT2D eigenvalue weighted by molar-refractivity contribution is -0.132. The van der Waals surface area contributed by atoms with Crippen molar-refractivity contribution in [3.63, 3.8) is 0 Å². The van der Waals surface area contributed by atoms with Gasteiger partial charge in [0.05, 0.1) is 5.57 Å². The minimum atomic E-state index is -0.687. The lowest BCUT2D eigenvalue weighted by Crippen LogP contribution is -2.15. The second-order valence-corrected chi connectivity index (χ2v) is 4.88. The summed E-state index contributed by atoms with van der Waals surface area (Å²) in [6, 6.07) is 7.40. The van der Waals surface area contributed by atoms with E-state index in [2.05, 4.69) is 13.5 Å². The molecule has 0 spiro atoms. The first-order valence-corrected chi connectivity index (χ1v) is 7.05. The van der Waals surface area contributed by atoms with Gasteiger partial charge in [0.2, 0.25) is 0 Å². The van der Waals surface area contributed by atoms with Crippen molar-refractivity contribution in [2.45, 2.75) is 46.0 Å². The summed E-state index contributed by atoms with van der Waals surface area (Å²) >= 11 is 0. The van der Waals surface area contributed by atoms with Gasteiger partial charge in [0.25, 0.3) is 0 Å². The number of carbonyl (C=O) groups is 2. The van der Waals surface area contributed by atoms with Gasteiger partial charge in [-0.05, 0) is 37.5 Å². The third-order valence-corrected chi connectivity index (χ3v) is 3.12. The van der Waals surface area contributed by atoms with Crippen LogP contribution in [0, 0.1) is 0 Å². The Kier molecular flexibility index (Phi) is 6.71. The van der Waals surface area contributed by atoms with Gasteiger partial charge in [-0.3, -0.25) is 4.79 Å². The molecule has 0 atom stereocenters. The molecule has 0 fully saturated rings. The maximum absolute atomic E-state index is 11.5. The highest BCUT2D eigenvalue weighted by Gasteiger charge is 2.13. The SMILES string of the molecule is C=C(C(C)=O)C(=O)Oc1ccc(CCCCCC)cc1. The van der Waals surface area contributed by atoms with Crippen LogP contribution in [0.25, 0.3) is 0 Å². The van der Waals surface area contributed by atoms with E-state index >= 15 is 0 Å². The number of carbonyl (C=O) groups excluding carboxylic acids is 2. The number of benzene rings is 1. The van der Waals surface area contributed by atoms with E-state index in [4.69, 9.17) is 4.74 Å². The van der Waals surface area contributed by atoms with Gasteiger partial charge >= 0.3 is 5.97 Å². The molecule has 0 aliphatic rings. The first kappa shape index (κ1) is 16.2. The number of hydrogen-bond donors (Lipinski definition) is 0. The van der Waals surface area contributed by atoms with Gasteiger partial charge < -0.3 is 4.74 Å². The van der Waals surface area contributed by atoms with Crippen molar-refractivity contribution in [2.75, 3.05) is 0 Å². The summed E-state index contributed by atoms with van der Waals surface area (Å²) in [5, 5.41) is 0. The van der Waals surface area contributed by atoms with Crippen molar-refractivity contribution in [2.24, 2.45) is 0 Å². The van der Waals surface area contributed by atoms with Crippen molar-refractivity contribution < 1.29 is 14.3 Å². The van der Waals surface area contributed by atoms with Gasteiger partial charge in [0, 0.05) is 0 Å². The van der Waals surface area contributed by atoms with Gasteiger partial charge in [0.1, 0.15) is 5.75 Å². The van der Waals surface area contributed by atoms with Crippen molar-refractivity contribution in [3.8, 4) is 5.75 Å². The molecule has 0 bridgehead atoms. The van der Waals surface area contributed by atoms with Crippen LogP contribution in [0.4, 0.5) is 0 Å². The highest BCUT2D eigenvalue weighted by Crippen LogP contribution is 2.15. The van der Waals surface area contributed by atoms with Gasteiger partial charge in [-0.1, -0.05) is 44.9 Å². The molecule has 0 unspecified atom stereocenters. The van der Waals surface area contributed by atoms with Gasteiger partial charge in [0.15, 0.2) is 5.78 Å². The Balaban J connectivity index is 2.48. The Morgan fingerprint density at radius 2 is 1.75 bits per heavy atom. The first-order valence-electron chi connectivity index (χ1n) is 7.05. The van der Waals surface area contributed by atoms with Crippen molar-refractivity contribution in [3.05, 3.63) is 42.0 Å². The fourth-order valence-electron chi connectivity index (χ4n) is 1.79. The molecule has 1 aromatic carbocycles. The molecule has 20 heavy (non-hydrogen) atoms. The highest BCUT2D eigenvalue weighted by atomic mass is 16.5. The van der Waals surface area contributed by atoms with Crippen LogP contribution in [0.3, 0.4) is 0 Å². The molecule has 108 valence electrons. The minimum absolute atomic E-state index is 0.131. The summed E-state index contributed by atoms with van der Waals surface area (Å²) in [6.07, 6.45) is 5.95. The zero-order valence-corrected chi connectivity index (χ0v) is 12.3. The van der Waals surface area contributed by atoms with Crippen LogP contribution < -0.4 is 4.74 Å². The molecule has 3 heteroatoms. The fourth-order valence-corrected chi connectivity index (χ4v) is 1.79. The molecule has 0 N–H and O–H groups in total. The lowest BCUT2D eigenvalue weighted by atomic mass is 10.1. The van der Waals surface area contributed by atoms with Crippen LogP contribution >= 0.6 is 0 Å². The third kappa shape index (κ3) is 5.39. The van der Waals surface area contributed by atoms with Crippen LogP contribution in [-0.4, -0.2) is 11.8 Å². The van der Waals surface area contributed by atoms with Gasteiger partial charge in [-0.25, -0.2) is 4.79 Å². The van der Waals surface area contributed by atoms with Gasteiger partial charge in [-0.2, -0.15) is 0 Å². The standard InChI is InChI=1S/C17H22O3/c1-4-5-6-7-8-15-9-11-16(12-10-15)20-17(19)13(2)14(3)18/h9-12H,2,4-8H2,1,3H3. The average Bonchev–Trinajstić information content (AvgIpc) is 2.44. The quantitative estimate of drug-likeness (QED) is 0.180. The predicted octanol–water partition coefficient (Wildman–Crippen LogP) is 3.86. The molecule has 0 aromatic heterocycles. The summed E-state index contributed by atoms with van der Waals surface area (Å²) in [6.45, 7) is 6.89. The van der Waals surface area contributed by atoms with Crippen molar-refractivity contribution in [1.29, 1.82) is 0 Å². The minimum Gasteiger partial charge on any atom is -0.423 e. The lowest BCUT2D eigenvalue weighted by Gasteiger charge is -2.06. The summed E-state index contributed by atoms with van der Waals surface area (Å²) in [5.41, 5.74) is 1.10. The first-order chi connectivity index (χ1) is 9.54. The Bertz CT molecular complexity index is 472. The Morgan fingerprint density at radius 3 is 2.30 bits per heavy atom. The van der Waals surface area contributed by atoms with Crippen LogP contribution in [0.5, 0.6) is 5.75 Å². The van der Waals surface area contributed by atoms with Crippen molar-refractivity contribution in [1.82, 2.24) is 0 Å². The van der Waals surface area contributed by atoms with E-state index in [9.17, 15) is 9.59 Å². The Morgan fingerprint density at radius 1 is 1.10 bits per heavy atom. The number of rotatable bonds is 8. The molecule has 1 aromatic rings. The van der Waals surface area contributed by atoms with Crippen molar-refractivity contribution >= 4 is 11.8 Å². The van der Waals surface area contributed by atoms with E-state index in [1.807, 2.05) is 12.1 Å². The molecule has 0 saturated heterocycles. The van der Waals surface area contributed by atoms with E-state index in [0.717, 1.165) is 6.42 Å². The molecule has 0 heterocycles. The summed E-state index contributed by atoms with van der Waals surface area (Å²) < 4.78 is 5.08. The Hall–Kier alpha value is -1.90. The molecule has 1 rings (SSSR count). The van der Waals surface area contributed by atoms with E-state index in [-0.39, 0.29) is 11.4 Å². The van der Waals surface area contributed by atoms with E-state index in [1.165, 1.54) is 38.2 Å². The molecular formula is C17H22O3. The molecule has 3 nitrogen and oxygen atoms in total. The fraction of sp³-hybridized carbons (Fsp3) is 0.412. The van der Waals surface area contributed by atoms with Gasteiger partial charge in [-0.15, -0.1) is 0 Å². The Labute approximate surface area is 120 Å². The maximum Gasteiger partial charge on any atom is 0.346 e. The zero-order valence-electron chi connectivity index (χ0n) is 12.3. The molecular weight excluding hydrogens is 252 g/mol. The van der Waals surface area contributed by atoms with Crippen LogP contribution in [0.1, 0.15) is 45.1 Å². The number of ketones is 1. The third-order valence-electron chi connectivity index (χ3n) is 3.12. The second kappa shape index (κ2) is 8.31. The predicted molar refractivity (Wildman–Crippen MR) is 79.7 cm³/mol. The molecule has 0 aliphatic heterocycles. The largest absolute Gasteiger partial charge is 0.423 e. The summed E-state index contributed by atoms with van der Waals surface area (Å²) in [5.74, 6) is -0.620. The average molecular weight is 274 g/mol. The monoisotopic (exact) mass is 274 g/mol. The van der Waals surface area contributed by atoms with E-state index < -0.39 is 5.97 Å². The molecule has 0 radical (unpaired) electrons. The maximum atomic E-state index is 11.5. The van der Waals surface area contributed by atoms with Crippen LogP contribution in [-0.2, 0) is 16.0 Å². The van der Waals surface area contributed by atoms with E-state index in [1.54, 1.807) is 12.1 Å². The number of esters is 1. The number of ether oxygens (including phenoxy) is 1. The summed E-state index contributed by atoms with van der Waals surface area (Å²) in [4.78, 5) is 22.5. The molecule has 0 amide bonds. The second-order valence-electron chi connectivity index (χ2n) is 4.88. The molecule has 0 aliphatic carbocycles. The number of hydrogen-bond acceptors (Lipinski definition) is 3. The smallest absolute Gasteiger partial charge is 0.346 e. The summed E-state index contributed by atoms with van der Waals surface area (Å²) in [7, 11) is 0. The topological polar surface area (TPSA) is 43.4 Å². The normalized spacial score (nSPS) is 10.1. The van der Waals surface area contributed by atoms with Crippen LogP contribution in [0.15, 0.2) is 36.4 Å². The zero-order chi connectivity index (χ0) is 15.0. The molecule has 0 saturated carbocycles. The van der Waals surface area contributed by atoms with E-state index in [0.29, 0.717) is 5.75 Å². The number of unbranched alkanes of at least 4 members (excludes halogenated alkanes) is 3. The van der Waals surface area contributed by atoms with Crippen LogP contribution in [0.2, 0.25) is 0 Å².